The summed E-state index contributed by atoms with van der Waals surface area (Å²) in [5, 5.41) is 1.40. The van der Waals surface area contributed by atoms with Crippen LogP contribution in [0.2, 0.25) is 0 Å². The zero-order chi connectivity index (χ0) is 14.9. The Bertz CT molecular complexity index is 698. The Morgan fingerprint density at radius 3 is 2.81 bits per heavy atom. The smallest absolute Gasteiger partial charge is 0.0355 e. The van der Waals surface area contributed by atoms with Crippen LogP contribution >= 0.6 is 11.3 Å². The van der Waals surface area contributed by atoms with Crippen molar-refractivity contribution in [3.05, 3.63) is 46.4 Å². The van der Waals surface area contributed by atoms with Gasteiger partial charge in [0.1, 0.15) is 0 Å². The maximum atomic E-state index is 2.45. The average Bonchev–Trinajstić information content (AvgIpc) is 2.70. The third-order valence-corrected chi connectivity index (χ3v) is 5.88. The summed E-state index contributed by atoms with van der Waals surface area (Å²) in [4.78, 5) is 1.44. The Labute approximate surface area is 132 Å². The predicted molar refractivity (Wildman–Crippen MR) is 96.8 cm³/mol. The lowest BCUT2D eigenvalue weighted by molar-refractivity contribution is 0.322. The second-order valence-electron chi connectivity index (χ2n) is 6.80. The summed E-state index contributed by atoms with van der Waals surface area (Å²) in [5.74, 6) is 0. The van der Waals surface area contributed by atoms with Crippen molar-refractivity contribution in [2.45, 2.75) is 46.5 Å². The molecule has 3 rings (SSSR count). The lowest BCUT2D eigenvalue weighted by Gasteiger charge is -2.22. The van der Waals surface area contributed by atoms with E-state index in [2.05, 4.69) is 63.3 Å². The normalized spacial score (nSPS) is 14.9. The Morgan fingerprint density at radius 1 is 1.19 bits per heavy atom. The number of hydrogen-bond acceptors (Lipinski definition) is 1. The van der Waals surface area contributed by atoms with Gasteiger partial charge in [-0.05, 0) is 42.4 Å². The summed E-state index contributed by atoms with van der Waals surface area (Å²) in [5.41, 5.74) is 3.46. The minimum atomic E-state index is 0.458. The lowest BCUT2D eigenvalue weighted by atomic mass is 9.83. The van der Waals surface area contributed by atoms with E-state index in [0.717, 1.165) is 6.42 Å². The molecule has 0 spiro atoms. The number of rotatable bonds is 4. The highest BCUT2D eigenvalue weighted by Crippen LogP contribution is 2.37. The van der Waals surface area contributed by atoms with Gasteiger partial charge in [-0.3, -0.25) is 0 Å². The van der Waals surface area contributed by atoms with Gasteiger partial charge in [-0.25, -0.2) is 0 Å². The minimum Gasteiger partial charge on any atom is -0.135 e. The highest BCUT2D eigenvalue weighted by Gasteiger charge is 2.16. The fourth-order valence-electron chi connectivity index (χ4n) is 2.79. The monoisotopic (exact) mass is 296 g/mol. The van der Waals surface area contributed by atoms with E-state index >= 15 is 0 Å². The SMILES string of the molecule is CCC(C)(C)CCC1=Cc2sc3ccccc3c2C=CC1. The molecule has 1 aliphatic rings. The Kier molecular flexibility index (Phi) is 4.03. The zero-order valence-corrected chi connectivity index (χ0v) is 14.1. The molecule has 0 radical (unpaired) electrons. The van der Waals surface area contributed by atoms with Crippen molar-refractivity contribution >= 4 is 33.6 Å². The van der Waals surface area contributed by atoms with E-state index in [-0.39, 0.29) is 0 Å². The molecule has 0 bridgehead atoms. The quantitative estimate of drug-likeness (QED) is 0.574. The summed E-state index contributed by atoms with van der Waals surface area (Å²) in [6.07, 6.45) is 12.0. The standard InChI is InChI=1S/C20H24S/c1-4-20(2,3)13-12-15-8-7-10-17-16-9-5-6-11-18(16)21-19(17)14-15/h5-7,9-11,14H,4,8,12-13H2,1-3H3. The van der Waals surface area contributed by atoms with Gasteiger partial charge in [-0.2, -0.15) is 0 Å². The van der Waals surface area contributed by atoms with Crippen molar-refractivity contribution in [3.63, 3.8) is 0 Å². The summed E-state index contributed by atoms with van der Waals surface area (Å²) in [6.45, 7) is 7.06. The summed E-state index contributed by atoms with van der Waals surface area (Å²) < 4.78 is 1.40. The van der Waals surface area contributed by atoms with Crippen LogP contribution in [0.25, 0.3) is 22.2 Å². The van der Waals surface area contributed by atoms with Crippen molar-refractivity contribution in [3.8, 4) is 0 Å². The third-order valence-electron chi connectivity index (χ3n) is 4.74. The molecule has 0 saturated heterocycles. The molecule has 1 aliphatic carbocycles. The molecule has 0 fully saturated rings. The van der Waals surface area contributed by atoms with Gasteiger partial charge in [0.05, 0.1) is 0 Å². The van der Waals surface area contributed by atoms with Crippen LogP contribution in [-0.4, -0.2) is 0 Å². The molecule has 1 aromatic heterocycles. The molecule has 0 amide bonds. The topological polar surface area (TPSA) is 0 Å². The molecule has 0 saturated carbocycles. The van der Waals surface area contributed by atoms with Gasteiger partial charge in [-0.15, -0.1) is 11.3 Å². The minimum absolute atomic E-state index is 0.458. The van der Waals surface area contributed by atoms with Crippen LogP contribution in [0.1, 0.15) is 56.9 Å². The highest BCUT2D eigenvalue weighted by molar-refractivity contribution is 7.20. The van der Waals surface area contributed by atoms with Gasteiger partial charge in [-0.1, -0.05) is 63.1 Å². The second-order valence-corrected chi connectivity index (χ2v) is 7.89. The van der Waals surface area contributed by atoms with Gasteiger partial charge in [0.25, 0.3) is 0 Å². The van der Waals surface area contributed by atoms with Crippen LogP contribution in [0.3, 0.4) is 0 Å². The van der Waals surface area contributed by atoms with E-state index in [4.69, 9.17) is 0 Å². The zero-order valence-electron chi connectivity index (χ0n) is 13.3. The lowest BCUT2D eigenvalue weighted by Crippen LogP contribution is -2.09. The number of thiophene rings is 1. The first-order valence-corrected chi connectivity index (χ1v) is 8.78. The van der Waals surface area contributed by atoms with E-state index < -0.39 is 0 Å². The van der Waals surface area contributed by atoms with E-state index in [9.17, 15) is 0 Å². The van der Waals surface area contributed by atoms with Gasteiger partial charge in [0.2, 0.25) is 0 Å². The Morgan fingerprint density at radius 2 is 2.00 bits per heavy atom. The van der Waals surface area contributed by atoms with Crippen LogP contribution in [0.4, 0.5) is 0 Å². The van der Waals surface area contributed by atoms with Crippen LogP contribution in [0.5, 0.6) is 0 Å². The average molecular weight is 296 g/mol. The molecule has 0 atom stereocenters. The Balaban J connectivity index is 1.90. The van der Waals surface area contributed by atoms with Crippen molar-refractivity contribution in [2.75, 3.05) is 0 Å². The second kappa shape index (κ2) is 5.81. The summed E-state index contributed by atoms with van der Waals surface area (Å²) >= 11 is 1.93. The molecular weight excluding hydrogens is 272 g/mol. The van der Waals surface area contributed by atoms with Crippen molar-refractivity contribution < 1.29 is 0 Å². The largest absolute Gasteiger partial charge is 0.135 e. The van der Waals surface area contributed by atoms with Crippen molar-refractivity contribution in [1.82, 2.24) is 0 Å². The molecule has 0 nitrogen and oxygen atoms in total. The van der Waals surface area contributed by atoms with Crippen LogP contribution in [-0.2, 0) is 0 Å². The van der Waals surface area contributed by atoms with Gasteiger partial charge in [0, 0.05) is 15.0 Å². The molecule has 1 heteroatoms. The number of benzene rings is 1. The molecule has 1 aromatic carbocycles. The molecule has 21 heavy (non-hydrogen) atoms. The van der Waals surface area contributed by atoms with E-state index in [1.807, 2.05) is 11.3 Å². The maximum absolute atomic E-state index is 2.45. The maximum Gasteiger partial charge on any atom is 0.0355 e. The third kappa shape index (κ3) is 3.13. The summed E-state index contributed by atoms with van der Waals surface area (Å²) in [7, 11) is 0. The van der Waals surface area contributed by atoms with Crippen molar-refractivity contribution in [2.24, 2.45) is 5.41 Å². The molecule has 2 aromatic rings. The molecule has 110 valence electrons. The first kappa shape index (κ1) is 14.6. The Hall–Kier alpha value is -1.34. The van der Waals surface area contributed by atoms with Crippen LogP contribution < -0.4 is 0 Å². The predicted octanol–water partition coefficient (Wildman–Crippen LogP) is 6.92. The molecular formula is C20H24S. The fraction of sp³-hybridized carbons (Fsp3) is 0.400. The highest BCUT2D eigenvalue weighted by atomic mass is 32.1. The first-order chi connectivity index (χ1) is 10.1. The van der Waals surface area contributed by atoms with Gasteiger partial charge >= 0.3 is 0 Å². The van der Waals surface area contributed by atoms with Crippen LogP contribution in [0.15, 0.2) is 35.9 Å². The van der Waals surface area contributed by atoms with Gasteiger partial charge < -0.3 is 0 Å². The van der Waals surface area contributed by atoms with E-state index in [1.165, 1.54) is 39.8 Å². The van der Waals surface area contributed by atoms with E-state index in [1.54, 1.807) is 5.57 Å². The molecule has 0 N–H and O–H groups in total. The fourth-order valence-corrected chi connectivity index (χ4v) is 3.97. The first-order valence-electron chi connectivity index (χ1n) is 7.96. The molecule has 0 aliphatic heterocycles. The van der Waals surface area contributed by atoms with Gasteiger partial charge in [0.15, 0.2) is 0 Å². The van der Waals surface area contributed by atoms with Crippen LogP contribution in [0, 0.1) is 5.41 Å². The summed E-state index contributed by atoms with van der Waals surface area (Å²) in [6, 6.07) is 8.75. The number of hydrogen-bond donors (Lipinski definition) is 0. The number of fused-ring (bicyclic) bond motifs is 3. The number of allylic oxidation sites excluding steroid dienone is 2. The molecule has 0 unspecified atom stereocenters. The van der Waals surface area contributed by atoms with E-state index in [0.29, 0.717) is 5.41 Å². The molecule has 1 heterocycles. The van der Waals surface area contributed by atoms with Crippen molar-refractivity contribution in [1.29, 1.82) is 0 Å².